The van der Waals surface area contributed by atoms with E-state index in [2.05, 4.69) is 4.90 Å². The Hall–Kier alpha value is -1.33. The van der Waals surface area contributed by atoms with E-state index in [0.717, 1.165) is 12.8 Å². The lowest BCUT2D eigenvalue weighted by molar-refractivity contribution is -0.384. The van der Waals surface area contributed by atoms with Crippen molar-refractivity contribution in [1.82, 2.24) is 0 Å². The van der Waals surface area contributed by atoms with Crippen LogP contribution in [0.25, 0.3) is 0 Å². The molecule has 2 aliphatic rings. The van der Waals surface area contributed by atoms with Gasteiger partial charge < -0.3 is 10.0 Å². The maximum absolute atomic E-state index is 11.2. The molecule has 2 unspecified atom stereocenters. The van der Waals surface area contributed by atoms with Gasteiger partial charge in [-0.1, -0.05) is 11.6 Å². The van der Waals surface area contributed by atoms with Gasteiger partial charge in [0.25, 0.3) is 5.69 Å². The van der Waals surface area contributed by atoms with Gasteiger partial charge in [0.15, 0.2) is 0 Å². The van der Waals surface area contributed by atoms with Gasteiger partial charge in [0, 0.05) is 23.2 Å². The summed E-state index contributed by atoms with van der Waals surface area (Å²) in [5, 5.41) is 21.4. The molecule has 1 aromatic carbocycles. The lowest BCUT2D eigenvalue weighted by Gasteiger charge is -2.38. The smallest absolute Gasteiger partial charge is 0.294 e. The summed E-state index contributed by atoms with van der Waals surface area (Å²) in [6, 6.07) is 5.22. The molecule has 0 spiro atoms. The zero-order valence-electron chi connectivity index (χ0n) is 10.3. The highest BCUT2D eigenvalue weighted by Gasteiger charge is 2.42. The molecule has 1 N–H and O–H groups in total. The van der Waals surface area contributed by atoms with Gasteiger partial charge in [0.2, 0.25) is 0 Å². The van der Waals surface area contributed by atoms with E-state index < -0.39 is 0 Å². The number of halogens is 1. The molecule has 2 atom stereocenters. The Labute approximate surface area is 115 Å². The minimum Gasteiger partial charge on any atom is -0.393 e. The number of nitro benzene ring substituents is 1. The topological polar surface area (TPSA) is 66.6 Å². The molecular formula is C13H15ClN2O3. The largest absolute Gasteiger partial charge is 0.393 e. The molecule has 6 heteroatoms. The Morgan fingerprint density at radius 3 is 2.53 bits per heavy atom. The number of nitro groups is 1. The Balaban J connectivity index is 2.01. The van der Waals surface area contributed by atoms with E-state index in [-0.39, 0.29) is 28.8 Å². The van der Waals surface area contributed by atoms with Gasteiger partial charge in [-0.3, -0.25) is 10.1 Å². The van der Waals surface area contributed by atoms with Gasteiger partial charge in [-0.15, -0.1) is 0 Å². The van der Waals surface area contributed by atoms with Crippen molar-refractivity contribution in [3.63, 3.8) is 0 Å². The van der Waals surface area contributed by atoms with Crippen LogP contribution in [0.15, 0.2) is 18.2 Å². The highest BCUT2D eigenvalue weighted by Crippen LogP contribution is 2.43. The van der Waals surface area contributed by atoms with Crippen LogP contribution in [-0.2, 0) is 0 Å². The van der Waals surface area contributed by atoms with Crippen LogP contribution >= 0.6 is 11.6 Å². The summed E-state index contributed by atoms with van der Waals surface area (Å²) in [4.78, 5) is 12.9. The molecule has 2 heterocycles. The van der Waals surface area contributed by atoms with Crippen molar-refractivity contribution in [1.29, 1.82) is 0 Å². The number of aliphatic hydroxyl groups excluding tert-OH is 1. The number of hydrogen-bond acceptors (Lipinski definition) is 4. The third-order valence-corrected chi connectivity index (χ3v) is 4.36. The molecule has 0 aliphatic carbocycles. The van der Waals surface area contributed by atoms with E-state index in [1.807, 2.05) is 0 Å². The first-order chi connectivity index (χ1) is 9.06. The van der Waals surface area contributed by atoms with E-state index in [0.29, 0.717) is 23.6 Å². The summed E-state index contributed by atoms with van der Waals surface area (Å²) in [6.07, 6.45) is 3.08. The molecule has 0 saturated carbocycles. The van der Waals surface area contributed by atoms with Crippen LogP contribution in [0.4, 0.5) is 11.4 Å². The maximum atomic E-state index is 11.2. The SMILES string of the molecule is O=[N+]([O-])c1cc(Cl)ccc1N1C2CCC1CC(O)C2. The molecule has 3 rings (SSSR count). The fourth-order valence-corrected chi connectivity index (χ4v) is 3.57. The van der Waals surface area contributed by atoms with Gasteiger partial charge in [-0.2, -0.15) is 0 Å². The van der Waals surface area contributed by atoms with E-state index in [9.17, 15) is 15.2 Å². The number of benzene rings is 1. The van der Waals surface area contributed by atoms with Crippen LogP contribution in [0, 0.1) is 10.1 Å². The second kappa shape index (κ2) is 4.65. The molecule has 2 fully saturated rings. The number of aliphatic hydroxyl groups is 1. The highest BCUT2D eigenvalue weighted by molar-refractivity contribution is 6.30. The quantitative estimate of drug-likeness (QED) is 0.669. The molecule has 5 nitrogen and oxygen atoms in total. The Morgan fingerprint density at radius 1 is 1.32 bits per heavy atom. The van der Waals surface area contributed by atoms with E-state index in [1.54, 1.807) is 12.1 Å². The van der Waals surface area contributed by atoms with Crippen LogP contribution in [-0.4, -0.2) is 28.2 Å². The maximum Gasteiger partial charge on any atom is 0.294 e. The molecule has 2 bridgehead atoms. The van der Waals surface area contributed by atoms with Crippen LogP contribution in [0.3, 0.4) is 0 Å². The first-order valence-electron chi connectivity index (χ1n) is 6.46. The normalized spacial score (nSPS) is 29.6. The predicted octanol–water partition coefficient (Wildman–Crippen LogP) is 2.74. The standard InChI is InChI=1S/C13H15ClN2O3/c14-8-1-4-12(13(5-8)16(18)19)15-9-2-3-10(15)7-11(17)6-9/h1,4-5,9-11,17H,2-3,6-7H2. The predicted molar refractivity (Wildman–Crippen MR) is 72.6 cm³/mol. The van der Waals surface area contributed by atoms with E-state index in [4.69, 9.17) is 11.6 Å². The summed E-state index contributed by atoms with van der Waals surface area (Å²) in [5.74, 6) is 0. The van der Waals surface area contributed by atoms with Crippen molar-refractivity contribution >= 4 is 23.0 Å². The zero-order chi connectivity index (χ0) is 13.6. The van der Waals surface area contributed by atoms with Crippen LogP contribution < -0.4 is 4.90 Å². The van der Waals surface area contributed by atoms with Gasteiger partial charge >= 0.3 is 0 Å². The third kappa shape index (κ3) is 2.17. The third-order valence-electron chi connectivity index (χ3n) is 4.12. The molecular weight excluding hydrogens is 268 g/mol. The van der Waals surface area contributed by atoms with Crippen molar-refractivity contribution in [2.75, 3.05) is 4.90 Å². The van der Waals surface area contributed by atoms with E-state index in [1.165, 1.54) is 6.07 Å². The monoisotopic (exact) mass is 282 g/mol. The van der Waals surface area contributed by atoms with Crippen molar-refractivity contribution in [2.45, 2.75) is 43.9 Å². The molecule has 0 aromatic heterocycles. The lowest BCUT2D eigenvalue weighted by Crippen LogP contribution is -2.45. The van der Waals surface area contributed by atoms with Crippen LogP contribution in [0.1, 0.15) is 25.7 Å². The fourth-order valence-electron chi connectivity index (χ4n) is 3.40. The van der Waals surface area contributed by atoms with Crippen molar-refractivity contribution < 1.29 is 10.0 Å². The summed E-state index contributed by atoms with van der Waals surface area (Å²) in [5.41, 5.74) is 0.689. The molecule has 19 heavy (non-hydrogen) atoms. The minimum atomic E-state index is -0.383. The summed E-state index contributed by atoms with van der Waals surface area (Å²) < 4.78 is 0. The van der Waals surface area contributed by atoms with Gasteiger partial charge in [0.05, 0.1) is 11.0 Å². The van der Waals surface area contributed by atoms with Gasteiger partial charge in [-0.05, 0) is 37.8 Å². The molecule has 1 aromatic rings. The Morgan fingerprint density at radius 2 is 1.95 bits per heavy atom. The minimum absolute atomic E-state index is 0.0563. The van der Waals surface area contributed by atoms with Crippen LogP contribution in [0.5, 0.6) is 0 Å². The molecule has 0 amide bonds. The molecule has 2 aliphatic heterocycles. The second-order valence-corrected chi connectivity index (χ2v) is 5.74. The Bertz CT molecular complexity index is 509. The zero-order valence-corrected chi connectivity index (χ0v) is 11.1. The number of anilines is 1. The highest BCUT2D eigenvalue weighted by atomic mass is 35.5. The number of rotatable bonds is 2. The van der Waals surface area contributed by atoms with Crippen LogP contribution in [0.2, 0.25) is 5.02 Å². The molecule has 0 radical (unpaired) electrons. The fraction of sp³-hybridized carbons (Fsp3) is 0.538. The van der Waals surface area contributed by atoms with Crippen molar-refractivity contribution in [3.8, 4) is 0 Å². The van der Waals surface area contributed by atoms with Gasteiger partial charge in [0.1, 0.15) is 5.69 Å². The Kier molecular flexibility index (Phi) is 3.11. The summed E-state index contributed by atoms with van der Waals surface area (Å²) in [7, 11) is 0. The van der Waals surface area contributed by atoms with Gasteiger partial charge in [-0.25, -0.2) is 0 Å². The first kappa shape index (κ1) is 12.7. The molecule has 2 saturated heterocycles. The number of piperidine rings is 1. The summed E-state index contributed by atoms with van der Waals surface area (Å²) >= 11 is 5.85. The van der Waals surface area contributed by atoms with Crippen molar-refractivity contribution in [2.24, 2.45) is 0 Å². The average molecular weight is 283 g/mol. The van der Waals surface area contributed by atoms with E-state index >= 15 is 0 Å². The molecule has 102 valence electrons. The average Bonchev–Trinajstić information content (AvgIpc) is 2.62. The number of hydrogen-bond donors (Lipinski definition) is 1. The lowest BCUT2D eigenvalue weighted by atomic mass is 9.98. The number of nitrogens with zero attached hydrogens (tertiary/aromatic N) is 2. The van der Waals surface area contributed by atoms with Crippen molar-refractivity contribution in [3.05, 3.63) is 33.3 Å². The second-order valence-electron chi connectivity index (χ2n) is 5.31. The summed E-state index contributed by atoms with van der Waals surface area (Å²) in [6.45, 7) is 0. The first-order valence-corrected chi connectivity index (χ1v) is 6.84. The number of fused-ring (bicyclic) bond motifs is 2.